The predicted octanol–water partition coefficient (Wildman–Crippen LogP) is 6.65. The van der Waals surface area contributed by atoms with Crippen LogP contribution in [0.5, 0.6) is 17.2 Å². The van der Waals surface area contributed by atoms with Crippen LogP contribution in [0.15, 0.2) is 46.6 Å². The van der Waals surface area contributed by atoms with Gasteiger partial charge in [0.2, 0.25) is 0 Å². The minimum atomic E-state index is -1.67. The summed E-state index contributed by atoms with van der Waals surface area (Å²) in [4.78, 5) is 40.9. The number of carboxylic acids is 1. The van der Waals surface area contributed by atoms with Gasteiger partial charge >= 0.3 is 5.97 Å². The van der Waals surface area contributed by atoms with E-state index in [-0.39, 0.29) is 64.6 Å². The number of rotatable bonds is 8. The van der Waals surface area contributed by atoms with E-state index in [9.17, 15) is 29.7 Å². The van der Waals surface area contributed by atoms with Gasteiger partial charge in [0.1, 0.15) is 28.4 Å². The second kappa shape index (κ2) is 10.9. The molecule has 6 atom stereocenters. The summed E-state index contributed by atoms with van der Waals surface area (Å²) in [6.07, 6.45) is 8.28. The van der Waals surface area contributed by atoms with Gasteiger partial charge in [-0.3, -0.25) is 9.59 Å². The third kappa shape index (κ3) is 4.75. The fraction of sp³-hybridized carbons (Fsp3) is 0.553. The fourth-order valence-electron chi connectivity index (χ4n) is 8.64. The average Bonchev–Trinajstić information content (AvgIpc) is 3.11. The van der Waals surface area contributed by atoms with Gasteiger partial charge in [-0.15, -0.1) is 0 Å². The Morgan fingerprint density at radius 2 is 1.68 bits per heavy atom. The Kier molecular flexibility index (Phi) is 7.72. The highest BCUT2D eigenvalue weighted by Gasteiger charge is 2.81. The van der Waals surface area contributed by atoms with Gasteiger partial charge in [-0.25, -0.2) is 4.79 Å². The minimum absolute atomic E-state index is 0.0497. The number of phenols is 1. The van der Waals surface area contributed by atoms with Gasteiger partial charge in [0.05, 0.1) is 17.3 Å². The largest absolute Gasteiger partial charge is 0.506 e. The summed E-state index contributed by atoms with van der Waals surface area (Å²) in [6, 6.07) is 0. The second-order valence-corrected chi connectivity index (χ2v) is 15.3. The monoisotopic (exact) mass is 646 g/mol. The van der Waals surface area contributed by atoms with Crippen LogP contribution in [0.25, 0.3) is 0 Å². The van der Waals surface area contributed by atoms with E-state index in [2.05, 4.69) is 6.08 Å². The first kappa shape index (κ1) is 33.2. The van der Waals surface area contributed by atoms with Crippen LogP contribution in [-0.4, -0.2) is 55.3 Å². The summed E-state index contributed by atoms with van der Waals surface area (Å²) >= 11 is 0. The van der Waals surface area contributed by atoms with Crippen molar-refractivity contribution >= 4 is 17.5 Å². The van der Waals surface area contributed by atoms with Crippen molar-refractivity contribution in [3.63, 3.8) is 0 Å². The van der Waals surface area contributed by atoms with Gasteiger partial charge in [0, 0.05) is 41.4 Å². The SMILES string of the molecule is CC(C)=CCC[C@]1(C)C[C@@H](O)c2c(O)c3c(c(CC=C(C)C)c2O1)O[C@]12C(=C[C@@H]4C[C@@H]1C(C)(C)O[C@@]2(C/C=C(\C)C(=O)O)C4=O)C3=O. The molecule has 3 N–H and O–H groups in total. The molecule has 3 aliphatic heterocycles. The van der Waals surface area contributed by atoms with E-state index < -0.39 is 52.1 Å². The Labute approximate surface area is 276 Å². The van der Waals surface area contributed by atoms with Crippen LogP contribution in [0.1, 0.15) is 115 Å². The molecule has 4 bridgehead atoms. The standard InChI is InChI=1S/C38H46O9/c1-19(2)10-9-14-36(8)18-25(39)27-30(41)28-29(40)24-16-22-17-26-35(6,7)47-37(33(22)42,15-13-21(5)34(43)44)38(24,26)46-32(28)23(31(27)45-36)12-11-20(3)4/h10-11,13,16,22,25-26,39,41H,9,12,14-15,17-18H2,1-8H3,(H,43,44)/b21-13+/t22-,25-,26-,36-,37+,38-/m1/s1. The number of ketones is 2. The van der Waals surface area contributed by atoms with E-state index in [1.165, 1.54) is 18.6 Å². The molecule has 9 nitrogen and oxygen atoms in total. The Morgan fingerprint density at radius 3 is 2.32 bits per heavy atom. The third-order valence-electron chi connectivity index (χ3n) is 10.9. The topological polar surface area (TPSA) is 140 Å². The molecule has 1 aromatic rings. The number of hydrogen-bond acceptors (Lipinski definition) is 8. The summed E-state index contributed by atoms with van der Waals surface area (Å²) in [6.45, 7) is 15.1. The molecule has 0 amide bonds. The predicted molar refractivity (Wildman–Crippen MR) is 175 cm³/mol. The lowest BCUT2D eigenvalue weighted by Gasteiger charge is -2.56. The van der Waals surface area contributed by atoms with Crippen molar-refractivity contribution in [3.8, 4) is 17.2 Å². The molecule has 0 radical (unpaired) electrons. The lowest BCUT2D eigenvalue weighted by molar-refractivity contribution is -0.171. The van der Waals surface area contributed by atoms with E-state index in [1.54, 1.807) is 6.08 Å². The van der Waals surface area contributed by atoms with Crippen LogP contribution in [0.3, 0.4) is 0 Å². The average molecular weight is 647 g/mol. The van der Waals surface area contributed by atoms with Crippen LogP contribution in [0.4, 0.5) is 0 Å². The van der Waals surface area contributed by atoms with Crippen molar-refractivity contribution < 1.29 is 43.9 Å². The third-order valence-corrected chi connectivity index (χ3v) is 10.9. The first-order chi connectivity index (χ1) is 21.9. The quantitative estimate of drug-likeness (QED) is 0.209. The van der Waals surface area contributed by atoms with Crippen LogP contribution in [0.2, 0.25) is 0 Å². The molecule has 2 fully saturated rings. The molecule has 47 heavy (non-hydrogen) atoms. The van der Waals surface area contributed by atoms with Gasteiger partial charge in [-0.1, -0.05) is 35.5 Å². The van der Waals surface area contributed by atoms with E-state index in [0.29, 0.717) is 18.4 Å². The number of fused-ring (bicyclic) bond motifs is 2. The molecule has 1 aromatic carbocycles. The van der Waals surface area contributed by atoms with Gasteiger partial charge < -0.3 is 29.5 Å². The number of aliphatic hydroxyl groups excluding tert-OH is 1. The number of aliphatic carboxylic acids is 1. The van der Waals surface area contributed by atoms with Crippen molar-refractivity contribution in [2.45, 2.75) is 122 Å². The highest BCUT2D eigenvalue weighted by atomic mass is 16.6. The smallest absolute Gasteiger partial charge is 0.330 e. The summed E-state index contributed by atoms with van der Waals surface area (Å²) < 4.78 is 20.6. The maximum Gasteiger partial charge on any atom is 0.330 e. The zero-order chi connectivity index (χ0) is 34.4. The Morgan fingerprint density at radius 1 is 1.00 bits per heavy atom. The Balaban J connectivity index is 1.60. The lowest BCUT2D eigenvalue weighted by Crippen LogP contribution is -2.72. The number of carbonyl (C=O) groups excluding carboxylic acids is 2. The number of allylic oxidation sites excluding steroid dienone is 5. The molecule has 252 valence electrons. The number of carbonyl (C=O) groups is 3. The second-order valence-electron chi connectivity index (χ2n) is 15.3. The van der Waals surface area contributed by atoms with Gasteiger partial charge in [0.25, 0.3) is 0 Å². The molecule has 1 spiro atoms. The Hall–Kier alpha value is -3.69. The molecule has 0 aromatic heterocycles. The number of benzene rings is 1. The van der Waals surface area contributed by atoms with E-state index in [4.69, 9.17) is 14.2 Å². The van der Waals surface area contributed by atoms with Crippen LogP contribution in [0, 0.1) is 11.8 Å². The number of Topliss-reactive ketones (excluding diaryl/α,β-unsaturated/α-hetero) is 2. The minimum Gasteiger partial charge on any atom is -0.506 e. The maximum absolute atomic E-state index is 14.8. The number of ether oxygens (including phenoxy) is 3. The first-order valence-electron chi connectivity index (χ1n) is 16.5. The van der Waals surface area contributed by atoms with Gasteiger partial charge in [-0.2, -0.15) is 0 Å². The van der Waals surface area contributed by atoms with Crippen LogP contribution in [-0.2, 0) is 20.7 Å². The highest BCUT2D eigenvalue weighted by molar-refractivity contribution is 6.18. The van der Waals surface area contributed by atoms with Crippen molar-refractivity contribution in [2.75, 3.05) is 0 Å². The zero-order valence-corrected chi connectivity index (χ0v) is 28.6. The van der Waals surface area contributed by atoms with Crippen LogP contribution >= 0.6 is 0 Å². The number of aliphatic hydroxyl groups is 1. The van der Waals surface area contributed by atoms with Crippen molar-refractivity contribution in [2.24, 2.45) is 11.8 Å². The van der Waals surface area contributed by atoms with Crippen molar-refractivity contribution in [1.82, 2.24) is 0 Å². The summed E-state index contributed by atoms with van der Waals surface area (Å²) in [5.41, 5.74) is -1.83. The molecule has 9 heteroatoms. The van der Waals surface area contributed by atoms with E-state index in [1.807, 2.05) is 54.5 Å². The van der Waals surface area contributed by atoms with Gasteiger partial charge in [0.15, 0.2) is 22.8 Å². The zero-order valence-electron chi connectivity index (χ0n) is 28.6. The molecular weight excluding hydrogens is 600 g/mol. The molecule has 7 rings (SSSR count). The fourth-order valence-corrected chi connectivity index (χ4v) is 8.64. The van der Waals surface area contributed by atoms with Crippen molar-refractivity contribution in [1.29, 1.82) is 0 Å². The number of aromatic hydroxyl groups is 1. The van der Waals surface area contributed by atoms with Crippen molar-refractivity contribution in [3.05, 3.63) is 63.3 Å². The first-order valence-corrected chi connectivity index (χ1v) is 16.5. The molecule has 6 aliphatic rings. The lowest BCUT2D eigenvalue weighted by atomic mass is 9.51. The molecule has 3 aliphatic carbocycles. The van der Waals surface area contributed by atoms with Crippen LogP contribution < -0.4 is 9.47 Å². The summed E-state index contributed by atoms with van der Waals surface area (Å²) in [5, 5.41) is 33.0. The Bertz CT molecular complexity index is 1720. The molecule has 3 heterocycles. The normalized spacial score (nSPS) is 32.7. The maximum atomic E-state index is 14.8. The van der Waals surface area contributed by atoms with E-state index >= 15 is 0 Å². The number of carboxylic acid groups (broad SMARTS) is 1. The number of hydrogen-bond donors (Lipinski definition) is 3. The molecule has 0 unspecified atom stereocenters. The highest BCUT2D eigenvalue weighted by Crippen LogP contribution is 2.69. The summed E-state index contributed by atoms with van der Waals surface area (Å²) in [7, 11) is 0. The molecule has 1 saturated heterocycles. The number of phenolic OH excluding ortho intramolecular Hbond substituents is 1. The summed E-state index contributed by atoms with van der Waals surface area (Å²) in [5.74, 6) is -2.90. The molecule has 1 saturated carbocycles. The van der Waals surface area contributed by atoms with Gasteiger partial charge in [-0.05, 0) is 81.1 Å². The van der Waals surface area contributed by atoms with E-state index in [0.717, 1.165) is 12.0 Å². The molecular formula is C38H46O9.